The van der Waals surface area contributed by atoms with Crippen molar-refractivity contribution >= 4 is 12.4 Å². The number of ether oxygens (including phenoxy) is 2. The normalized spacial score (nSPS) is 16.4. The van der Waals surface area contributed by atoms with Gasteiger partial charge in [0, 0.05) is 17.4 Å². The largest absolute Gasteiger partial charge is 0.466 e. The maximum absolute atomic E-state index is 12.6. The molecule has 1 aliphatic carbocycles. The molecule has 0 amide bonds. The number of hydrogen-bond donors (Lipinski definition) is 0. The Morgan fingerprint density at radius 1 is 0.789 bits per heavy atom. The third-order valence-electron chi connectivity index (χ3n) is 5.85. The van der Waals surface area contributed by atoms with Crippen LogP contribution in [-0.2, 0) is 19.1 Å². The van der Waals surface area contributed by atoms with Gasteiger partial charge in [0.05, 0.1) is 7.11 Å². The fourth-order valence-electron chi connectivity index (χ4n) is 4.47. The van der Waals surface area contributed by atoms with E-state index in [4.69, 9.17) is 9.47 Å². The van der Waals surface area contributed by atoms with Gasteiger partial charge in [-0.3, -0.25) is 4.79 Å². The number of methoxy groups -OCH3 is 1. The first-order valence-corrected chi connectivity index (χ1v) is 14.4. The molecular formula is C34H56O4. The van der Waals surface area contributed by atoms with Gasteiger partial charge in [0.1, 0.15) is 6.61 Å². The average molecular weight is 529 g/mol. The van der Waals surface area contributed by atoms with Crippen LogP contribution in [0.15, 0.2) is 59.7 Å². The molecule has 0 saturated heterocycles. The monoisotopic (exact) mass is 528 g/mol. The van der Waals surface area contributed by atoms with Crippen LogP contribution in [-0.4, -0.2) is 26.2 Å². The molecule has 38 heavy (non-hydrogen) atoms. The predicted octanol–water partition coefficient (Wildman–Crippen LogP) is 9.29. The highest BCUT2D eigenvalue weighted by atomic mass is 16.5. The van der Waals surface area contributed by atoms with E-state index in [0.717, 1.165) is 5.57 Å². The van der Waals surface area contributed by atoms with Gasteiger partial charge in [-0.15, -0.1) is 0 Å². The molecule has 2 unspecified atom stereocenters. The zero-order valence-corrected chi connectivity index (χ0v) is 26.5. The highest BCUT2D eigenvalue weighted by Gasteiger charge is 2.40. The first-order chi connectivity index (χ1) is 18.1. The Kier molecular flexibility index (Phi) is 21.1. The van der Waals surface area contributed by atoms with Crippen molar-refractivity contribution < 1.29 is 19.1 Å². The molecule has 2 atom stereocenters. The number of esters is 1. The summed E-state index contributed by atoms with van der Waals surface area (Å²) in [5, 5.41) is 0. The number of allylic oxidation sites excluding steroid dienone is 4. The fourth-order valence-corrected chi connectivity index (χ4v) is 4.47. The number of benzene rings is 1. The summed E-state index contributed by atoms with van der Waals surface area (Å²) in [5.41, 5.74) is 3.89. The molecule has 0 N–H and O–H groups in total. The van der Waals surface area contributed by atoms with Gasteiger partial charge >= 0.3 is 5.97 Å². The van der Waals surface area contributed by atoms with Crippen molar-refractivity contribution in [3.63, 3.8) is 0 Å². The van der Waals surface area contributed by atoms with E-state index < -0.39 is 0 Å². The molecule has 0 aromatic heterocycles. The summed E-state index contributed by atoms with van der Waals surface area (Å²) in [7, 11) is 1.40. The van der Waals surface area contributed by atoms with E-state index in [0.29, 0.717) is 23.9 Å². The number of carbonyl (C=O) groups excluding carboxylic acids is 2. The minimum atomic E-state index is -0.335. The third-order valence-corrected chi connectivity index (χ3v) is 5.85. The summed E-state index contributed by atoms with van der Waals surface area (Å²) < 4.78 is 10.2. The van der Waals surface area contributed by atoms with E-state index in [-0.39, 0.29) is 36.2 Å². The second kappa shape index (κ2) is 21.3. The lowest BCUT2D eigenvalue weighted by Crippen LogP contribution is -2.31. The van der Waals surface area contributed by atoms with Crippen molar-refractivity contribution in [3.05, 3.63) is 70.8 Å². The van der Waals surface area contributed by atoms with Crippen LogP contribution in [0.1, 0.15) is 106 Å². The van der Waals surface area contributed by atoms with Crippen LogP contribution >= 0.6 is 0 Å². The summed E-state index contributed by atoms with van der Waals surface area (Å²) >= 11 is 0. The van der Waals surface area contributed by atoms with Crippen molar-refractivity contribution in [2.75, 3.05) is 13.7 Å². The maximum atomic E-state index is 12.6. The van der Waals surface area contributed by atoms with Crippen molar-refractivity contribution in [2.45, 2.75) is 94.9 Å². The van der Waals surface area contributed by atoms with Gasteiger partial charge in [0.25, 0.3) is 6.47 Å². The van der Waals surface area contributed by atoms with Crippen molar-refractivity contribution in [1.29, 1.82) is 0 Å². The van der Waals surface area contributed by atoms with Crippen LogP contribution in [0.4, 0.5) is 0 Å². The second-order valence-corrected chi connectivity index (χ2v) is 10.2. The zero-order valence-electron chi connectivity index (χ0n) is 26.5. The van der Waals surface area contributed by atoms with Gasteiger partial charge < -0.3 is 9.47 Å². The van der Waals surface area contributed by atoms with E-state index in [9.17, 15) is 9.59 Å². The first kappa shape index (κ1) is 37.5. The van der Waals surface area contributed by atoms with Gasteiger partial charge in [-0.1, -0.05) is 132 Å². The fraction of sp³-hybridized carbons (Fsp3) is 0.588. The lowest BCUT2D eigenvalue weighted by atomic mass is 9.66. The molecule has 0 radical (unpaired) electrons. The Labute approximate surface area is 234 Å². The standard InChI is InChI=1S/C20H26O4.C10H18.2C2H6/c1-12(2)17-14-8-6-7-9-15(14)18(13(3)4)19(20(22)23-5)16(17)10-24-11-21;1-9(2)7-5-6-8-10(3)4;2*1-2/h6-9,11-13,17-18H,10H2,1-5H3;5-10H,1-4H3;2*1-2H3/b;7-5-,8-6-;;. The van der Waals surface area contributed by atoms with Crippen LogP contribution < -0.4 is 0 Å². The minimum absolute atomic E-state index is 0.0326. The molecule has 0 saturated carbocycles. The van der Waals surface area contributed by atoms with E-state index >= 15 is 0 Å². The highest BCUT2D eigenvalue weighted by molar-refractivity contribution is 5.92. The molecule has 4 heteroatoms. The lowest BCUT2D eigenvalue weighted by molar-refractivity contribution is -0.137. The van der Waals surface area contributed by atoms with Crippen LogP contribution in [0, 0.1) is 23.7 Å². The minimum Gasteiger partial charge on any atom is -0.466 e. The topological polar surface area (TPSA) is 52.6 Å². The third kappa shape index (κ3) is 12.3. The molecule has 0 fully saturated rings. The van der Waals surface area contributed by atoms with Gasteiger partial charge in [-0.25, -0.2) is 4.79 Å². The van der Waals surface area contributed by atoms with Crippen molar-refractivity contribution in [1.82, 2.24) is 0 Å². The smallest absolute Gasteiger partial charge is 0.334 e. The van der Waals surface area contributed by atoms with Gasteiger partial charge in [-0.2, -0.15) is 0 Å². The molecule has 1 aromatic carbocycles. The first-order valence-electron chi connectivity index (χ1n) is 14.4. The molecule has 1 aliphatic rings. The van der Waals surface area contributed by atoms with E-state index in [1.807, 2.05) is 39.8 Å². The van der Waals surface area contributed by atoms with Crippen LogP contribution in [0.25, 0.3) is 0 Å². The van der Waals surface area contributed by atoms with E-state index in [2.05, 4.69) is 91.8 Å². The SMILES string of the molecule is CC.CC.CC(C)/C=C\C=C/C(C)C.COC(=O)C1=C(COC=O)C(C(C)C)c2ccccc2C1C(C)C. The highest BCUT2D eigenvalue weighted by Crippen LogP contribution is 2.48. The number of fused-ring (bicyclic) bond motifs is 1. The molecule has 0 spiro atoms. The van der Waals surface area contributed by atoms with Gasteiger partial charge in [-0.05, 0) is 40.4 Å². The Bertz CT molecular complexity index is 856. The Morgan fingerprint density at radius 2 is 1.21 bits per heavy atom. The summed E-state index contributed by atoms with van der Waals surface area (Å²) in [6, 6.07) is 8.24. The van der Waals surface area contributed by atoms with Crippen molar-refractivity contribution in [2.24, 2.45) is 23.7 Å². The van der Waals surface area contributed by atoms with Gasteiger partial charge in [0.2, 0.25) is 0 Å². The number of rotatable bonds is 9. The van der Waals surface area contributed by atoms with E-state index in [1.165, 1.54) is 18.2 Å². The molecule has 0 heterocycles. The average Bonchev–Trinajstić information content (AvgIpc) is 2.90. The van der Waals surface area contributed by atoms with Crippen LogP contribution in [0.5, 0.6) is 0 Å². The number of carbonyl (C=O) groups is 2. The molecule has 0 aliphatic heterocycles. The van der Waals surface area contributed by atoms with Crippen LogP contribution in [0.2, 0.25) is 0 Å². The Balaban J connectivity index is 0. The summed E-state index contributed by atoms with van der Waals surface area (Å²) in [6.07, 6.45) is 8.62. The summed E-state index contributed by atoms with van der Waals surface area (Å²) in [5.74, 6) is 1.45. The maximum Gasteiger partial charge on any atom is 0.334 e. The quantitative estimate of drug-likeness (QED) is 0.182. The van der Waals surface area contributed by atoms with Gasteiger partial charge in [0.15, 0.2) is 0 Å². The predicted molar refractivity (Wildman–Crippen MR) is 163 cm³/mol. The molecule has 1 aromatic rings. The summed E-state index contributed by atoms with van der Waals surface area (Å²) in [6.45, 7) is 25.7. The second-order valence-electron chi connectivity index (χ2n) is 10.2. The van der Waals surface area contributed by atoms with E-state index in [1.54, 1.807) is 0 Å². The molecule has 4 nitrogen and oxygen atoms in total. The molecule has 2 rings (SSSR count). The lowest BCUT2D eigenvalue weighted by Gasteiger charge is -2.38. The van der Waals surface area contributed by atoms with Crippen LogP contribution in [0.3, 0.4) is 0 Å². The molecular weight excluding hydrogens is 472 g/mol. The van der Waals surface area contributed by atoms with Crippen molar-refractivity contribution in [3.8, 4) is 0 Å². The summed E-state index contributed by atoms with van der Waals surface area (Å²) in [4.78, 5) is 23.4. The Morgan fingerprint density at radius 3 is 1.55 bits per heavy atom. The molecule has 0 bridgehead atoms. The Hall–Kier alpha value is -2.62. The molecule has 216 valence electrons. The number of hydrogen-bond acceptors (Lipinski definition) is 4. The zero-order chi connectivity index (χ0) is 29.8.